The fourth-order valence-electron chi connectivity index (χ4n) is 3.31. The lowest BCUT2D eigenvalue weighted by Gasteiger charge is -2.35. The van der Waals surface area contributed by atoms with Crippen LogP contribution in [0.25, 0.3) is 0 Å². The zero-order chi connectivity index (χ0) is 15.7. The van der Waals surface area contributed by atoms with Crippen LogP contribution in [0.15, 0.2) is 39.2 Å². The normalized spacial score (nSPS) is 31.6. The predicted octanol–water partition coefficient (Wildman–Crippen LogP) is 2.65. The van der Waals surface area contributed by atoms with Gasteiger partial charge < -0.3 is 5.11 Å². The minimum atomic E-state index is -0.461. The fraction of sp³-hybridized carbons (Fsp3) is 0.562. The molecule has 1 N–H and O–H groups in total. The van der Waals surface area contributed by atoms with E-state index in [9.17, 15) is 5.11 Å². The van der Waals surface area contributed by atoms with E-state index in [1.165, 1.54) is 5.57 Å². The van der Waals surface area contributed by atoms with Crippen molar-refractivity contribution in [1.29, 1.82) is 0 Å². The van der Waals surface area contributed by atoms with Crippen LogP contribution in [0.4, 0.5) is 0 Å². The molecule has 3 rings (SSSR count). The van der Waals surface area contributed by atoms with E-state index in [0.29, 0.717) is 13.0 Å². The highest BCUT2D eigenvalue weighted by Crippen LogP contribution is 2.38. The van der Waals surface area contributed by atoms with E-state index < -0.39 is 6.10 Å². The van der Waals surface area contributed by atoms with Crippen LogP contribution in [0.3, 0.4) is 0 Å². The number of hydrogen-bond acceptors (Lipinski definition) is 6. The summed E-state index contributed by atoms with van der Waals surface area (Å²) < 4.78 is 0. The van der Waals surface area contributed by atoms with Gasteiger partial charge in [0.2, 0.25) is 0 Å². The van der Waals surface area contributed by atoms with Crippen LogP contribution in [0.1, 0.15) is 37.6 Å². The van der Waals surface area contributed by atoms with E-state index in [0.717, 1.165) is 17.1 Å². The molecule has 0 aromatic carbocycles. The van der Waals surface area contributed by atoms with Gasteiger partial charge in [-0.15, -0.1) is 5.10 Å². The zero-order valence-electron chi connectivity index (χ0n) is 13.1. The monoisotopic (exact) mass is 299 g/mol. The smallest absolute Gasteiger partial charge is 0.0725 e. The van der Waals surface area contributed by atoms with Crippen molar-refractivity contribution in [3.05, 3.63) is 35.2 Å². The molecule has 1 aromatic rings. The van der Waals surface area contributed by atoms with Crippen molar-refractivity contribution in [2.24, 2.45) is 27.3 Å². The minimum Gasteiger partial charge on any atom is -0.392 e. The molecule has 0 saturated carbocycles. The van der Waals surface area contributed by atoms with E-state index in [1.54, 1.807) is 0 Å². The number of aromatic nitrogens is 2. The van der Waals surface area contributed by atoms with E-state index in [1.807, 2.05) is 26.0 Å². The van der Waals surface area contributed by atoms with Crippen molar-refractivity contribution in [3.8, 4) is 0 Å². The molecule has 22 heavy (non-hydrogen) atoms. The van der Waals surface area contributed by atoms with Crippen LogP contribution < -0.4 is 0 Å². The Hall–Kier alpha value is -1.95. The van der Waals surface area contributed by atoms with E-state index >= 15 is 0 Å². The molecule has 0 spiro atoms. The molecule has 0 amide bonds. The Morgan fingerprint density at radius 2 is 1.91 bits per heavy atom. The summed E-state index contributed by atoms with van der Waals surface area (Å²) in [5.74, 6) is 0.396. The van der Waals surface area contributed by atoms with Crippen molar-refractivity contribution in [3.63, 3.8) is 0 Å². The molecule has 0 bridgehead atoms. The Bertz CT molecular complexity index is 634. The highest BCUT2D eigenvalue weighted by molar-refractivity contribution is 5.85. The number of rotatable bonds is 2. The van der Waals surface area contributed by atoms with Gasteiger partial charge >= 0.3 is 0 Å². The first-order chi connectivity index (χ1) is 10.6. The quantitative estimate of drug-likeness (QED) is 0.852. The fourth-order valence-corrected chi connectivity index (χ4v) is 3.31. The predicted molar refractivity (Wildman–Crippen MR) is 83.7 cm³/mol. The second kappa shape index (κ2) is 6.04. The zero-order valence-corrected chi connectivity index (χ0v) is 13.1. The number of aryl methyl sites for hydroxylation is 1. The summed E-state index contributed by atoms with van der Waals surface area (Å²) in [5, 5.41) is 30.8. The Morgan fingerprint density at radius 1 is 1.09 bits per heavy atom. The van der Waals surface area contributed by atoms with Gasteiger partial charge in [-0.05, 0) is 50.5 Å². The van der Waals surface area contributed by atoms with Crippen LogP contribution in [-0.4, -0.2) is 33.7 Å². The number of allylic oxidation sites excluding steroid dienone is 1. The molecular weight excluding hydrogens is 278 g/mol. The molecule has 1 aliphatic carbocycles. The van der Waals surface area contributed by atoms with Crippen molar-refractivity contribution >= 4 is 5.71 Å². The van der Waals surface area contributed by atoms with Gasteiger partial charge in [-0.2, -0.15) is 15.3 Å². The lowest BCUT2D eigenvalue weighted by atomic mass is 9.72. The second-order valence-corrected chi connectivity index (χ2v) is 6.21. The van der Waals surface area contributed by atoms with E-state index in [2.05, 4.69) is 38.6 Å². The molecule has 1 aromatic heterocycles. The Morgan fingerprint density at radius 3 is 2.59 bits per heavy atom. The second-order valence-electron chi connectivity index (χ2n) is 6.21. The van der Waals surface area contributed by atoms with Crippen LogP contribution >= 0.6 is 0 Å². The first kappa shape index (κ1) is 15.0. The highest BCUT2D eigenvalue weighted by Gasteiger charge is 2.36. The molecule has 3 unspecified atom stereocenters. The molecule has 4 atom stereocenters. The van der Waals surface area contributed by atoms with Gasteiger partial charge in [-0.1, -0.05) is 11.6 Å². The molecule has 6 nitrogen and oxygen atoms in total. The van der Waals surface area contributed by atoms with Gasteiger partial charge in [0.15, 0.2) is 0 Å². The number of aliphatic hydroxyl groups excluding tert-OH is 1. The SMILES string of the molecule is CC1=CC(c2ccc(C)nn2)C(O)CC1[C@H]1CN=NN=C1C. The third-order valence-corrected chi connectivity index (χ3v) is 4.66. The topological polar surface area (TPSA) is 83.1 Å². The highest BCUT2D eigenvalue weighted by atomic mass is 16.3. The number of hydrogen-bond donors (Lipinski definition) is 1. The van der Waals surface area contributed by atoms with Crippen molar-refractivity contribution < 1.29 is 5.11 Å². The first-order valence-electron chi connectivity index (χ1n) is 7.64. The Labute approximate surface area is 130 Å². The van der Waals surface area contributed by atoms with Gasteiger partial charge in [0.25, 0.3) is 0 Å². The summed E-state index contributed by atoms with van der Waals surface area (Å²) in [6.45, 7) is 6.65. The summed E-state index contributed by atoms with van der Waals surface area (Å²) in [4.78, 5) is 0. The standard InChI is InChI=1S/C16H21N5O/c1-9-6-13(15-5-4-10(2)18-20-15)16(22)7-12(9)14-8-17-21-19-11(14)3/h4-6,12-14,16,22H,7-8H2,1-3H3/t12?,13?,14-,16?/m0/s1. The Kier molecular flexibility index (Phi) is 4.11. The van der Waals surface area contributed by atoms with Crippen molar-refractivity contribution in [1.82, 2.24) is 10.2 Å². The lowest BCUT2D eigenvalue weighted by Crippen LogP contribution is -2.35. The molecule has 116 valence electrons. The maximum Gasteiger partial charge on any atom is 0.0725 e. The third-order valence-electron chi connectivity index (χ3n) is 4.66. The molecule has 2 aliphatic rings. The minimum absolute atomic E-state index is 0.0909. The summed E-state index contributed by atoms with van der Waals surface area (Å²) >= 11 is 0. The first-order valence-corrected chi connectivity index (χ1v) is 7.64. The summed E-state index contributed by atoms with van der Waals surface area (Å²) in [5.41, 5.74) is 3.96. The van der Waals surface area contributed by atoms with E-state index in [4.69, 9.17) is 0 Å². The van der Waals surface area contributed by atoms with Gasteiger partial charge in [0.1, 0.15) is 0 Å². The van der Waals surface area contributed by atoms with Gasteiger partial charge in [0, 0.05) is 17.5 Å². The molecule has 2 heterocycles. The average molecular weight is 299 g/mol. The van der Waals surface area contributed by atoms with Crippen LogP contribution in [0.2, 0.25) is 0 Å². The van der Waals surface area contributed by atoms with Gasteiger partial charge in [-0.3, -0.25) is 0 Å². The molecule has 6 heteroatoms. The van der Waals surface area contributed by atoms with Crippen LogP contribution in [-0.2, 0) is 0 Å². The van der Waals surface area contributed by atoms with Crippen molar-refractivity contribution in [2.75, 3.05) is 6.54 Å². The average Bonchev–Trinajstić information content (AvgIpc) is 2.51. The van der Waals surface area contributed by atoms with Crippen molar-refractivity contribution in [2.45, 2.75) is 39.2 Å². The van der Waals surface area contributed by atoms with Crippen LogP contribution in [0, 0.1) is 18.8 Å². The summed E-state index contributed by atoms with van der Waals surface area (Å²) in [7, 11) is 0. The molecule has 1 aliphatic heterocycles. The molecular formula is C16H21N5O. The third kappa shape index (κ3) is 2.83. The van der Waals surface area contributed by atoms with Crippen LogP contribution in [0.5, 0.6) is 0 Å². The largest absolute Gasteiger partial charge is 0.392 e. The number of aliphatic hydroxyl groups is 1. The van der Waals surface area contributed by atoms with Gasteiger partial charge in [0.05, 0.1) is 24.0 Å². The maximum atomic E-state index is 10.6. The summed E-state index contributed by atoms with van der Waals surface area (Å²) in [6.07, 6.45) is 2.35. The molecule has 0 radical (unpaired) electrons. The summed E-state index contributed by atoms with van der Waals surface area (Å²) in [6, 6.07) is 3.88. The maximum absolute atomic E-state index is 10.6. The Balaban J connectivity index is 1.85. The van der Waals surface area contributed by atoms with E-state index in [-0.39, 0.29) is 17.8 Å². The lowest BCUT2D eigenvalue weighted by molar-refractivity contribution is 0.116. The molecule has 0 fully saturated rings. The van der Waals surface area contributed by atoms with Gasteiger partial charge in [-0.25, -0.2) is 0 Å². The molecule has 0 saturated heterocycles. The number of nitrogens with zero attached hydrogens (tertiary/aromatic N) is 5.